The maximum absolute atomic E-state index is 12.4. The summed E-state index contributed by atoms with van der Waals surface area (Å²) in [5.41, 5.74) is 1.74. The highest BCUT2D eigenvalue weighted by Crippen LogP contribution is 2.28. The topological polar surface area (TPSA) is 66.4 Å². The number of aliphatic hydroxyl groups is 1. The highest BCUT2D eigenvalue weighted by atomic mass is 79.9. The Kier molecular flexibility index (Phi) is 4.93. The molecule has 0 amide bonds. The fourth-order valence-corrected chi connectivity index (χ4v) is 3.56. The van der Waals surface area contributed by atoms with Gasteiger partial charge in [0.1, 0.15) is 0 Å². The van der Waals surface area contributed by atoms with Crippen LogP contribution in [-0.2, 0) is 16.6 Å². The molecule has 0 radical (unpaired) electrons. The summed E-state index contributed by atoms with van der Waals surface area (Å²) in [6.07, 6.45) is 0. The van der Waals surface area contributed by atoms with E-state index in [1.165, 1.54) is 18.2 Å². The van der Waals surface area contributed by atoms with Gasteiger partial charge in [0.05, 0.1) is 17.2 Å². The average molecular weight is 391 g/mol. The molecule has 0 aliphatic heterocycles. The number of benzene rings is 2. The zero-order chi connectivity index (χ0) is 15.6. The number of halogens is 2. The van der Waals surface area contributed by atoms with Crippen LogP contribution in [0.15, 0.2) is 45.8 Å². The van der Waals surface area contributed by atoms with Gasteiger partial charge in [-0.2, -0.15) is 0 Å². The van der Waals surface area contributed by atoms with Gasteiger partial charge in [-0.15, -0.1) is 0 Å². The smallest absolute Gasteiger partial charge is 0.261 e. The van der Waals surface area contributed by atoms with Crippen LogP contribution in [0.2, 0.25) is 5.02 Å². The molecule has 0 aromatic heterocycles. The molecule has 0 fully saturated rings. The van der Waals surface area contributed by atoms with Crippen LogP contribution in [0.3, 0.4) is 0 Å². The van der Waals surface area contributed by atoms with Gasteiger partial charge in [0.2, 0.25) is 0 Å². The lowest BCUT2D eigenvalue weighted by Crippen LogP contribution is -2.14. The van der Waals surface area contributed by atoms with Crippen molar-refractivity contribution in [1.82, 2.24) is 0 Å². The third-order valence-electron chi connectivity index (χ3n) is 2.93. The van der Waals surface area contributed by atoms with Crippen molar-refractivity contribution in [2.75, 3.05) is 4.72 Å². The highest BCUT2D eigenvalue weighted by Gasteiger charge is 2.17. The van der Waals surface area contributed by atoms with E-state index in [0.717, 1.165) is 5.56 Å². The maximum atomic E-state index is 12.4. The van der Waals surface area contributed by atoms with Crippen molar-refractivity contribution in [2.24, 2.45) is 0 Å². The lowest BCUT2D eigenvalue weighted by atomic mass is 10.2. The molecule has 2 N–H and O–H groups in total. The zero-order valence-electron chi connectivity index (χ0n) is 11.1. The third-order valence-corrected chi connectivity index (χ3v) is 5.72. The van der Waals surface area contributed by atoms with E-state index in [2.05, 4.69) is 20.7 Å². The van der Waals surface area contributed by atoms with Gasteiger partial charge in [0.15, 0.2) is 0 Å². The molecule has 4 nitrogen and oxygen atoms in total. The summed E-state index contributed by atoms with van der Waals surface area (Å²) in [7, 11) is -3.75. The van der Waals surface area contributed by atoms with Crippen LogP contribution in [0.5, 0.6) is 0 Å². The number of sulfonamides is 1. The van der Waals surface area contributed by atoms with Crippen LogP contribution >= 0.6 is 27.5 Å². The Morgan fingerprint density at radius 1 is 1.29 bits per heavy atom. The summed E-state index contributed by atoms with van der Waals surface area (Å²) >= 11 is 9.23. The van der Waals surface area contributed by atoms with E-state index in [-0.39, 0.29) is 11.5 Å². The van der Waals surface area contributed by atoms with Gasteiger partial charge >= 0.3 is 0 Å². The second kappa shape index (κ2) is 6.36. The predicted octanol–water partition coefficient (Wildman–Crippen LogP) is 3.70. The summed E-state index contributed by atoms with van der Waals surface area (Å²) in [6.45, 7) is 1.55. The molecule has 0 bridgehead atoms. The molecule has 2 aromatic rings. The van der Waals surface area contributed by atoms with E-state index in [4.69, 9.17) is 11.6 Å². The van der Waals surface area contributed by atoms with Crippen molar-refractivity contribution in [2.45, 2.75) is 18.4 Å². The van der Waals surface area contributed by atoms with Crippen molar-refractivity contribution in [1.29, 1.82) is 0 Å². The van der Waals surface area contributed by atoms with Crippen molar-refractivity contribution >= 4 is 43.2 Å². The number of rotatable bonds is 4. The first kappa shape index (κ1) is 16.3. The van der Waals surface area contributed by atoms with Crippen LogP contribution < -0.4 is 4.72 Å². The molecular weight excluding hydrogens is 378 g/mol. The molecule has 0 unspecified atom stereocenters. The molecule has 0 aliphatic rings. The van der Waals surface area contributed by atoms with Gasteiger partial charge in [0.25, 0.3) is 10.0 Å². The van der Waals surface area contributed by atoms with E-state index in [0.29, 0.717) is 20.7 Å². The number of anilines is 1. The minimum atomic E-state index is -3.75. The van der Waals surface area contributed by atoms with Crippen LogP contribution in [-0.4, -0.2) is 13.5 Å². The number of aryl methyl sites for hydroxylation is 1. The fourth-order valence-electron chi connectivity index (χ4n) is 1.77. The largest absolute Gasteiger partial charge is 0.392 e. The van der Waals surface area contributed by atoms with Crippen molar-refractivity contribution in [3.8, 4) is 0 Å². The summed E-state index contributed by atoms with van der Waals surface area (Å²) in [4.78, 5) is 0.0457. The Bertz CT molecular complexity index is 778. The number of nitrogens with one attached hydrogen (secondary N) is 1. The second-order valence-electron chi connectivity index (χ2n) is 4.45. The van der Waals surface area contributed by atoms with Gasteiger partial charge in [0, 0.05) is 9.50 Å². The van der Waals surface area contributed by atoms with Crippen molar-refractivity contribution < 1.29 is 13.5 Å². The Hall–Kier alpha value is -1.08. The van der Waals surface area contributed by atoms with Gasteiger partial charge in [-0.05, 0) is 58.2 Å². The second-order valence-corrected chi connectivity index (χ2v) is 7.34. The molecule has 2 rings (SSSR count). The predicted molar refractivity (Wildman–Crippen MR) is 87.1 cm³/mol. The first-order valence-corrected chi connectivity index (χ1v) is 8.68. The van der Waals surface area contributed by atoms with Crippen LogP contribution in [0.25, 0.3) is 0 Å². The Balaban J connectivity index is 2.41. The lowest BCUT2D eigenvalue weighted by molar-refractivity contribution is 0.281. The molecule has 0 spiro atoms. The Labute approximate surface area is 136 Å². The van der Waals surface area contributed by atoms with Crippen LogP contribution in [0, 0.1) is 6.92 Å². The van der Waals surface area contributed by atoms with Crippen molar-refractivity contribution in [3.63, 3.8) is 0 Å². The molecule has 0 saturated heterocycles. The first-order chi connectivity index (χ1) is 9.85. The third kappa shape index (κ3) is 3.58. The van der Waals surface area contributed by atoms with Crippen LogP contribution in [0.4, 0.5) is 5.69 Å². The van der Waals surface area contributed by atoms with Crippen molar-refractivity contribution in [3.05, 3.63) is 57.0 Å². The summed E-state index contributed by atoms with van der Waals surface area (Å²) in [5.74, 6) is 0. The van der Waals surface area contributed by atoms with E-state index in [1.54, 1.807) is 12.1 Å². The monoisotopic (exact) mass is 389 g/mol. The molecule has 0 saturated carbocycles. The minimum absolute atomic E-state index is 0.0457. The number of aliphatic hydroxyl groups excluding tert-OH is 1. The van der Waals surface area contributed by atoms with Gasteiger partial charge < -0.3 is 5.11 Å². The molecule has 21 heavy (non-hydrogen) atoms. The lowest BCUT2D eigenvalue weighted by Gasteiger charge is -2.12. The Morgan fingerprint density at radius 3 is 2.67 bits per heavy atom. The van der Waals surface area contributed by atoms with Gasteiger partial charge in [-0.3, -0.25) is 4.72 Å². The summed E-state index contributed by atoms with van der Waals surface area (Å²) < 4.78 is 28.0. The Morgan fingerprint density at radius 2 is 2.00 bits per heavy atom. The van der Waals surface area contributed by atoms with Gasteiger partial charge in [-0.1, -0.05) is 23.7 Å². The normalized spacial score (nSPS) is 11.4. The van der Waals surface area contributed by atoms with Crippen LogP contribution in [0.1, 0.15) is 11.1 Å². The standard InChI is InChI=1S/C14H13BrClNO3S/c1-9-3-2-4-13(14(9)15)17-21(19,20)11-5-6-12(16)10(7-11)8-18/h2-7,17-18H,8H2,1H3. The minimum Gasteiger partial charge on any atom is -0.392 e. The van der Waals surface area contributed by atoms with E-state index < -0.39 is 10.0 Å². The molecule has 2 aromatic carbocycles. The highest BCUT2D eigenvalue weighted by molar-refractivity contribution is 9.10. The molecule has 0 heterocycles. The molecule has 0 atom stereocenters. The fraction of sp³-hybridized carbons (Fsp3) is 0.143. The molecule has 112 valence electrons. The number of hydrogen-bond acceptors (Lipinski definition) is 3. The first-order valence-electron chi connectivity index (χ1n) is 6.02. The van der Waals surface area contributed by atoms with Gasteiger partial charge in [-0.25, -0.2) is 8.42 Å². The van der Waals surface area contributed by atoms with E-state index in [9.17, 15) is 13.5 Å². The quantitative estimate of drug-likeness (QED) is 0.836. The van der Waals surface area contributed by atoms with E-state index in [1.807, 2.05) is 13.0 Å². The average Bonchev–Trinajstić information content (AvgIpc) is 2.44. The summed E-state index contributed by atoms with van der Waals surface area (Å²) in [6, 6.07) is 9.50. The molecular formula is C14H13BrClNO3S. The SMILES string of the molecule is Cc1cccc(NS(=O)(=O)c2ccc(Cl)c(CO)c2)c1Br. The molecule has 7 heteroatoms. The maximum Gasteiger partial charge on any atom is 0.261 e. The number of hydrogen-bond donors (Lipinski definition) is 2. The molecule has 0 aliphatic carbocycles. The van der Waals surface area contributed by atoms with E-state index >= 15 is 0 Å². The summed E-state index contributed by atoms with van der Waals surface area (Å²) in [5, 5.41) is 9.50. The zero-order valence-corrected chi connectivity index (χ0v) is 14.3.